The van der Waals surface area contributed by atoms with Crippen molar-refractivity contribution < 1.29 is 57.0 Å². The number of aryl methyl sites for hydroxylation is 1. The second-order valence-corrected chi connectivity index (χ2v) is 23.4. The number of pyridine rings is 1. The van der Waals surface area contributed by atoms with E-state index < -0.39 is 68.1 Å². The predicted molar refractivity (Wildman–Crippen MR) is 276 cm³/mol. The van der Waals surface area contributed by atoms with Gasteiger partial charge >= 0.3 is 0 Å². The minimum Gasteiger partial charge on any atom is -0.755 e. The molecule has 1 unspecified atom stereocenters. The molecule has 17 nitrogen and oxygen atoms in total. The zero-order chi connectivity index (χ0) is 52.5. The normalized spacial score (nSPS) is 16.7. The molecule has 1 aromatic heterocycles. The van der Waals surface area contributed by atoms with Crippen molar-refractivity contribution >= 4 is 97.4 Å². The summed E-state index contributed by atoms with van der Waals surface area (Å²) in [5, 5.41) is 4.61. The van der Waals surface area contributed by atoms with Crippen molar-refractivity contribution in [1.82, 2.24) is 10.3 Å². The Bertz CT molecular complexity index is 3770. The van der Waals surface area contributed by atoms with Crippen LogP contribution in [-0.2, 0) is 59.0 Å². The number of fused-ring (bicyclic) bond motifs is 6. The molecule has 8 rings (SSSR count). The Morgan fingerprint density at radius 1 is 0.792 bits per heavy atom. The van der Waals surface area contributed by atoms with Crippen molar-refractivity contribution in [3.63, 3.8) is 0 Å². The van der Waals surface area contributed by atoms with Crippen LogP contribution >= 0.6 is 0 Å². The van der Waals surface area contributed by atoms with Gasteiger partial charge in [-0.2, -0.15) is 29.8 Å². The van der Waals surface area contributed by atoms with Crippen LogP contribution in [0.4, 0.5) is 17.1 Å². The quantitative estimate of drug-likeness (QED) is 0.0297. The summed E-state index contributed by atoms with van der Waals surface area (Å²) < 4.78 is 132. The fraction of sp³-hybridized carbons (Fsp3) is 0.235. The maximum atomic E-state index is 13.4. The van der Waals surface area contributed by atoms with E-state index >= 15 is 0 Å². The van der Waals surface area contributed by atoms with E-state index in [1.807, 2.05) is 82.9 Å². The Labute approximate surface area is 420 Å². The number of rotatable bonds is 14. The van der Waals surface area contributed by atoms with Gasteiger partial charge in [0.1, 0.15) is 11.4 Å². The molecule has 1 atom stereocenters. The van der Waals surface area contributed by atoms with Crippen LogP contribution in [0, 0.1) is 6.92 Å². The summed E-state index contributed by atoms with van der Waals surface area (Å²) in [4.78, 5) is 18.6. The van der Waals surface area contributed by atoms with Gasteiger partial charge in [-0.3, -0.25) is 27.6 Å². The van der Waals surface area contributed by atoms with Crippen LogP contribution in [0.25, 0.3) is 27.1 Å². The van der Waals surface area contributed by atoms with Gasteiger partial charge < -0.3 is 19.5 Å². The van der Waals surface area contributed by atoms with Gasteiger partial charge in [-0.05, 0) is 140 Å². The van der Waals surface area contributed by atoms with Crippen LogP contribution in [0.5, 0.6) is 0 Å². The number of anilines is 2. The Kier molecular flexibility index (Phi) is 13.6. The standard InChI is InChI=1S/C51H51N5O12S4/c1-8-55-42-20-17-37-30(3)24-35(70(60,61)62)25-39(37)47(42)50(4,5)45(55)22-13-32(41-19-12-33(29-52-41)49(57)53-28-31-10-15-34(16-11-31)54-69(58)59)14-23-46-51(6,7)48-40-26-36(71(63,64)65)27-44(72(66,67)68)38(40)18-21-43(48)56(46)9-2/h10-27,29,54H,8-9,28H2,1-7H3,(H4-,53,57,58,59,60,61,62,63,64,65,66,67,68). The SMILES string of the molecule is CCN1/C(=C/C=C(/C=C/C2=[N+](CC)c3ccc4c(C)cc(S(=O)(=O)O)cc4c3C2(C)C)c2ccc(C(=O)NCc3ccc(NS(=O)[O-])cc3)cn2)C(C)(C)c2c1ccc1c(S(=O)(=O)O)cc(S(=O)(=O)O)cc21. The average molecular weight is 1050 g/mol. The second-order valence-electron chi connectivity index (χ2n) is 18.5. The Balaban J connectivity index is 1.24. The van der Waals surface area contributed by atoms with Gasteiger partial charge in [0.15, 0.2) is 5.71 Å². The summed E-state index contributed by atoms with van der Waals surface area (Å²) in [6.07, 6.45) is 9.03. The first kappa shape index (κ1) is 51.9. The monoisotopic (exact) mass is 1050 g/mol. The molecular formula is C51H51N5O12S4. The number of benzene rings is 5. The Hall–Kier alpha value is -6.43. The maximum absolute atomic E-state index is 13.4. The maximum Gasteiger partial charge on any atom is 0.295 e. The van der Waals surface area contributed by atoms with Crippen molar-refractivity contribution in [2.75, 3.05) is 22.7 Å². The van der Waals surface area contributed by atoms with Gasteiger partial charge in [-0.15, -0.1) is 0 Å². The largest absolute Gasteiger partial charge is 0.755 e. The van der Waals surface area contributed by atoms with E-state index in [1.54, 1.807) is 49.4 Å². The number of hydrogen-bond acceptors (Lipinski definition) is 11. The number of likely N-dealkylation sites (N-methyl/N-ethyl adjacent to an activating group) is 1. The zero-order valence-corrected chi connectivity index (χ0v) is 43.3. The number of allylic oxidation sites excluding steroid dienone is 6. The predicted octanol–water partition coefficient (Wildman–Crippen LogP) is 8.31. The minimum atomic E-state index is -4.96. The molecule has 0 radical (unpaired) electrons. The molecule has 5 aromatic carbocycles. The lowest BCUT2D eigenvalue weighted by Gasteiger charge is -2.26. The molecule has 0 saturated carbocycles. The van der Waals surface area contributed by atoms with Crippen LogP contribution in [-0.4, -0.2) is 81.9 Å². The zero-order valence-electron chi connectivity index (χ0n) is 40.1. The molecule has 2 aliphatic rings. The molecule has 21 heteroatoms. The smallest absolute Gasteiger partial charge is 0.295 e. The first-order valence-corrected chi connectivity index (χ1v) is 27.9. The lowest BCUT2D eigenvalue weighted by Crippen LogP contribution is -2.27. The highest BCUT2D eigenvalue weighted by Gasteiger charge is 2.46. The number of aromatic nitrogens is 1. The summed E-state index contributed by atoms with van der Waals surface area (Å²) in [7, 11) is -14.4. The van der Waals surface area contributed by atoms with Gasteiger partial charge in [-0.1, -0.05) is 38.1 Å². The Morgan fingerprint density at radius 2 is 1.43 bits per heavy atom. The Morgan fingerprint density at radius 3 is 2.01 bits per heavy atom. The molecule has 3 heterocycles. The van der Waals surface area contributed by atoms with Crippen molar-refractivity contribution in [3.8, 4) is 0 Å². The molecular weight excluding hydrogens is 1000 g/mol. The fourth-order valence-corrected chi connectivity index (χ4v) is 12.3. The molecule has 0 spiro atoms. The summed E-state index contributed by atoms with van der Waals surface area (Å²) in [5.74, 6) is -0.412. The van der Waals surface area contributed by atoms with Crippen LogP contribution in [0.1, 0.15) is 79.8 Å². The minimum absolute atomic E-state index is 0.0566. The summed E-state index contributed by atoms with van der Waals surface area (Å²) in [6, 6.07) is 21.8. The molecule has 0 fully saturated rings. The number of nitrogens with one attached hydrogen (secondary N) is 2. The highest BCUT2D eigenvalue weighted by Crippen LogP contribution is 2.52. The van der Waals surface area contributed by atoms with Crippen molar-refractivity contribution in [2.45, 2.75) is 80.5 Å². The van der Waals surface area contributed by atoms with E-state index in [0.717, 1.165) is 39.7 Å². The van der Waals surface area contributed by atoms with E-state index in [-0.39, 0.29) is 27.8 Å². The topological polar surface area (TPSA) is 264 Å². The first-order valence-electron chi connectivity index (χ1n) is 22.5. The van der Waals surface area contributed by atoms with Crippen LogP contribution < -0.4 is 14.9 Å². The van der Waals surface area contributed by atoms with Gasteiger partial charge in [-0.25, -0.2) is 0 Å². The van der Waals surface area contributed by atoms with E-state index in [2.05, 4.69) is 14.6 Å². The summed E-state index contributed by atoms with van der Waals surface area (Å²) in [5.41, 5.74) is 5.91. The lowest BCUT2D eigenvalue weighted by atomic mass is 9.78. The van der Waals surface area contributed by atoms with Crippen molar-refractivity contribution in [2.24, 2.45) is 0 Å². The van der Waals surface area contributed by atoms with Crippen LogP contribution in [0.2, 0.25) is 0 Å². The second kappa shape index (κ2) is 18.9. The van der Waals surface area contributed by atoms with Gasteiger partial charge in [0, 0.05) is 81.7 Å². The van der Waals surface area contributed by atoms with E-state index in [1.165, 1.54) is 30.5 Å². The fourth-order valence-electron chi connectivity index (χ4n) is 10.0. The van der Waals surface area contributed by atoms with E-state index in [0.29, 0.717) is 52.2 Å². The number of hydrogen-bond donors (Lipinski definition) is 5. The van der Waals surface area contributed by atoms with Crippen LogP contribution in [0.3, 0.4) is 0 Å². The molecule has 0 bridgehead atoms. The molecule has 0 saturated heterocycles. The van der Waals surface area contributed by atoms with E-state index in [9.17, 15) is 52.5 Å². The summed E-state index contributed by atoms with van der Waals surface area (Å²) >= 11 is -2.48. The number of carbonyl (C=O) groups excluding carboxylic acids is 1. The molecule has 0 aliphatic carbocycles. The lowest BCUT2D eigenvalue weighted by molar-refractivity contribution is -0.433. The van der Waals surface area contributed by atoms with Crippen molar-refractivity contribution in [1.29, 1.82) is 0 Å². The average Bonchev–Trinajstić information content (AvgIpc) is 3.67. The third-order valence-electron chi connectivity index (χ3n) is 13.3. The van der Waals surface area contributed by atoms with Gasteiger partial charge in [0.2, 0.25) is 5.69 Å². The number of amides is 1. The molecule has 1 amide bonds. The van der Waals surface area contributed by atoms with E-state index in [4.69, 9.17) is 4.98 Å². The molecule has 2 aliphatic heterocycles. The molecule has 6 aromatic rings. The van der Waals surface area contributed by atoms with Gasteiger partial charge in [0.05, 0.1) is 26.5 Å². The highest BCUT2D eigenvalue weighted by molar-refractivity contribution is 7.87. The third-order valence-corrected chi connectivity index (χ3v) is 16.3. The third kappa shape index (κ3) is 9.65. The number of nitrogens with zero attached hydrogens (tertiary/aromatic N) is 3. The van der Waals surface area contributed by atoms with Crippen molar-refractivity contribution in [3.05, 3.63) is 155 Å². The summed E-state index contributed by atoms with van der Waals surface area (Å²) in [6.45, 7) is 14.7. The van der Waals surface area contributed by atoms with Gasteiger partial charge in [0.25, 0.3) is 36.3 Å². The van der Waals surface area contributed by atoms with Crippen LogP contribution in [0.15, 0.2) is 136 Å². The first-order chi connectivity index (χ1) is 33.7. The number of carbonyl (C=O) groups is 1. The molecule has 5 N–H and O–H groups in total. The molecule has 72 heavy (non-hydrogen) atoms. The highest BCUT2D eigenvalue weighted by atomic mass is 32.2. The molecule has 376 valence electrons.